The van der Waals surface area contributed by atoms with Gasteiger partial charge in [0.15, 0.2) is 0 Å². The number of nitrogens with zero attached hydrogens (tertiary/aromatic N) is 5. The molecule has 2 amide bonds. The molecular weight excluding hydrogens is 478 g/mol. The largest absolute Gasteiger partial charge is 0.342 e. The van der Waals surface area contributed by atoms with Crippen molar-refractivity contribution in [3.8, 4) is 0 Å². The quantitative estimate of drug-likeness (QED) is 0.612. The summed E-state index contributed by atoms with van der Waals surface area (Å²) in [5, 5.41) is 4.45. The molecular formula is C26H35N5O4S. The van der Waals surface area contributed by atoms with Crippen molar-refractivity contribution in [3.63, 3.8) is 0 Å². The maximum Gasteiger partial charge on any atom is 0.248 e. The smallest absolute Gasteiger partial charge is 0.248 e. The number of hydrogen-bond donors (Lipinski definition) is 0. The Bertz CT molecular complexity index is 1260. The topological polar surface area (TPSA) is 95.8 Å². The number of para-hydroxylation sites is 1. The number of likely N-dealkylation sites (tertiary alicyclic amines) is 1. The first kappa shape index (κ1) is 25.0. The van der Waals surface area contributed by atoms with Gasteiger partial charge in [-0.3, -0.25) is 14.3 Å². The summed E-state index contributed by atoms with van der Waals surface area (Å²) < 4.78 is 30.2. The van der Waals surface area contributed by atoms with Crippen molar-refractivity contribution >= 4 is 27.5 Å². The number of anilines is 1. The van der Waals surface area contributed by atoms with Crippen LogP contribution in [0, 0.1) is 19.8 Å². The summed E-state index contributed by atoms with van der Waals surface area (Å²) >= 11 is 0. The standard InChI is InChI=1S/C26H35N5O4S/c1-19-25(20(2)31(27-19)18-24(32)30-17-12-21-8-4-5-9-23(21)30)36(34,35)29-15-10-22(11-16-29)26(33)28-13-6-3-7-14-28/h4-5,8-9,22H,3,6-7,10-18H2,1-2H3. The first-order valence-electron chi connectivity index (χ1n) is 13.0. The molecule has 0 radical (unpaired) electrons. The zero-order valence-electron chi connectivity index (χ0n) is 21.1. The van der Waals surface area contributed by atoms with Crippen molar-refractivity contribution < 1.29 is 18.0 Å². The van der Waals surface area contributed by atoms with Crippen LogP contribution in [0.2, 0.25) is 0 Å². The van der Waals surface area contributed by atoms with E-state index in [-0.39, 0.29) is 29.2 Å². The maximum atomic E-state index is 13.6. The van der Waals surface area contributed by atoms with Gasteiger partial charge in [-0.25, -0.2) is 8.42 Å². The Morgan fingerprint density at radius 3 is 2.39 bits per heavy atom. The molecule has 0 saturated carbocycles. The molecule has 2 aromatic rings. The van der Waals surface area contributed by atoms with Crippen molar-refractivity contribution in [2.45, 2.75) is 63.8 Å². The Kier molecular flexibility index (Phi) is 6.91. The summed E-state index contributed by atoms with van der Waals surface area (Å²) in [6.07, 6.45) is 5.16. The Balaban J connectivity index is 1.27. The van der Waals surface area contributed by atoms with E-state index in [9.17, 15) is 18.0 Å². The van der Waals surface area contributed by atoms with Crippen molar-refractivity contribution in [2.24, 2.45) is 5.92 Å². The summed E-state index contributed by atoms with van der Waals surface area (Å²) in [6, 6.07) is 7.86. The predicted molar refractivity (Wildman–Crippen MR) is 136 cm³/mol. The third kappa shape index (κ3) is 4.56. The highest BCUT2D eigenvalue weighted by Crippen LogP contribution is 2.30. The van der Waals surface area contributed by atoms with Crippen LogP contribution in [-0.4, -0.2) is 71.9 Å². The highest BCUT2D eigenvalue weighted by atomic mass is 32.2. The average molecular weight is 514 g/mol. The Labute approximate surface area is 213 Å². The van der Waals surface area contributed by atoms with Gasteiger partial charge in [-0.2, -0.15) is 9.40 Å². The summed E-state index contributed by atoms with van der Waals surface area (Å²) in [7, 11) is -3.78. The molecule has 2 fully saturated rings. The van der Waals surface area contributed by atoms with Crippen LogP contribution in [0.4, 0.5) is 5.69 Å². The number of rotatable bonds is 5. The molecule has 0 atom stereocenters. The Hall–Kier alpha value is -2.72. The van der Waals surface area contributed by atoms with Crippen LogP contribution in [0.15, 0.2) is 29.2 Å². The molecule has 5 rings (SSSR count). The number of benzene rings is 1. The van der Waals surface area contributed by atoms with E-state index in [0.717, 1.165) is 43.6 Å². The van der Waals surface area contributed by atoms with Gasteiger partial charge < -0.3 is 9.80 Å². The lowest BCUT2D eigenvalue weighted by Crippen LogP contribution is -2.45. The Morgan fingerprint density at radius 1 is 0.972 bits per heavy atom. The number of carbonyl (C=O) groups excluding carboxylic acids is 2. The minimum atomic E-state index is -3.78. The molecule has 4 heterocycles. The molecule has 1 aromatic heterocycles. The average Bonchev–Trinajstić information content (AvgIpc) is 3.44. The zero-order valence-corrected chi connectivity index (χ0v) is 22.0. The van der Waals surface area contributed by atoms with Crippen molar-refractivity contribution in [1.82, 2.24) is 19.0 Å². The van der Waals surface area contributed by atoms with Gasteiger partial charge in [0.2, 0.25) is 21.8 Å². The van der Waals surface area contributed by atoms with E-state index < -0.39 is 10.0 Å². The normalized spacial score (nSPS) is 19.5. The zero-order chi connectivity index (χ0) is 25.4. The summed E-state index contributed by atoms with van der Waals surface area (Å²) in [5.41, 5.74) is 2.93. The van der Waals surface area contributed by atoms with Crippen LogP contribution < -0.4 is 4.90 Å². The van der Waals surface area contributed by atoms with Gasteiger partial charge >= 0.3 is 0 Å². The van der Waals surface area contributed by atoms with E-state index in [0.29, 0.717) is 43.9 Å². The first-order valence-corrected chi connectivity index (χ1v) is 14.4. The Morgan fingerprint density at radius 2 is 1.67 bits per heavy atom. The second-order valence-corrected chi connectivity index (χ2v) is 12.0. The van der Waals surface area contributed by atoms with Crippen molar-refractivity contribution in [1.29, 1.82) is 0 Å². The molecule has 10 heteroatoms. The van der Waals surface area contributed by atoms with E-state index in [1.165, 1.54) is 15.4 Å². The minimum Gasteiger partial charge on any atom is -0.342 e. The van der Waals surface area contributed by atoms with E-state index >= 15 is 0 Å². The molecule has 2 saturated heterocycles. The summed E-state index contributed by atoms with van der Waals surface area (Å²) in [4.78, 5) is 29.9. The lowest BCUT2D eigenvalue weighted by Gasteiger charge is -2.35. The SMILES string of the molecule is Cc1nn(CC(=O)N2CCc3ccccc32)c(C)c1S(=O)(=O)N1CCC(C(=O)N2CCCCC2)CC1. The molecule has 3 aliphatic rings. The minimum absolute atomic E-state index is 0.0110. The molecule has 0 unspecified atom stereocenters. The summed E-state index contributed by atoms with van der Waals surface area (Å²) in [6.45, 7) is 6.27. The molecule has 0 aliphatic carbocycles. The third-order valence-electron chi connectivity index (χ3n) is 7.86. The maximum absolute atomic E-state index is 13.6. The van der Waals surface area contributed by atoms with E-state index in [4.69, 9.17) is 0 Å². The van der Waals surface area contributed by atoms with Crippen molar-refractivity contribution in [3.05, 3.63) is 41.2 Å². The molecule has 0 bridgehead atoms. The highest BCUT2D eigenvalue weighted by molar-refractivity contribution is 7.89. The monoisotopic (exact) mass is 513 g/mol. The predicted octanol–water partition coefficient (Wildman–Crippen LogP) is 2.50. The van der Waals surface area contributed by atoms with Crippen molar-refractivity contribution in [2.75, 3.05) is 37.6 Å². The fraction of sp³-hybridized carbons (Fsp3) is 0.577. The molecule has 0 spiro atoms. The number of piperidine rings is 2. The number of amides is 2. The van der Waals surface area contributed by atoms with Gasteiger partial charge in [0, 0.05) is 44.3 Å². The number of hydrogen-bond acceptors (Lipinski definition) is 5. The van der Waals surface area contributed by atoms with Crippen LogP contribution in [-0.2, 0) is 32.6 Å². The first-order chi connectivity index (χ1) is 17.3. The number of aromatic nitrogens is 2. The van der Waals surface area contributed by atoms with Crippen LogP contribution in [0.3, 0.4) is 0 Å². The van der Waals surface area contributed by atoms with E-state index in [1.807, 2.05) is 29.2 Å². The molecule has 9 nitrogen and oxygen atoms in total. The fourth-order valence-corrected chi connectivity index (χ4v) is 7.71. The van der Waals surface area contributed by atoms with Gasteiger partial charge in [-0.1, -0.05) is 18.2 Å². The molecule has 0 N–H and O–H groups in total. The van der Waals surface area contributed by atoms with Crippen LogP contribution >= 0.6 is 0 Å². The van der Waals surface area contributed by atoms with Gasteiger partial charge in [0.25, 0.3) is 0 Å². The molecule has 36 heavy (non-hydrogen) atoms. The van der Waals surface area contributed by atoms with E-state index in [1.54, 1.807) is 18.7 Å². The number of sulfonamides is 1. The lowest BCUT2D eigenvalue weighted by atomic mass is 9.95. The van der Waals surface area contributed by atoms with Gasteiger partial charge in [0.05, 0.1) is 11.4 Å². The fourth-order valence-electron chi connectivity index (χ4n) is 5.86. The summed E-state index contributed by atoms with van der Waals surface area (Å²) in [5.74, 6) is -0.0408. The van der Waals surface area contributed by atoms with Crippen LogP contribution in [0.1, 0.15) is 49.1 Å². The second-order valence-electron chi connectivity index (χ2n) is 10.1. The lowest BCUT2D eigenvalue weighted by molar-refractivity contribution is -0.137. The van der Waals surface area contributed by atoms with Crippen LogP contribution in [0.25, 0.3) is 0 Å². The molecule has 3 aliphatic heterocycles. The van der Waals surface area contributed by atoms with E-state index in [2.05, 4.69) is 5.10 Å². The number of carbonyl (C=O) groups is 2. The highest BCUT2D eigenvalue weighted by Gasteiger charge is 2.37. The van der Waals surface area contributed by atoms with Gasteiger partial charge in [0.1, 0.15) is 11.4 Å². The molecule has 1 aromatic carbocycles. The van der Waals surface area contributed by atoms with Gasteiger partial charge in [-0.05, 0) is 64.0 Å². The van der Waals surface area contributed by atoms with Crippen LogP contribution in [0.5, 0.6) is 0 Å². The number of aryl methyl sites for hydroxylation is 1. The van der Waals surface area contributed by atoms with Gasteiger partial charge in [-0.15, -0.1) is 0 Å². The molecule has 194 valence electrons. The third-order valence-corrected chi connectivity index (χ3v) is 10.0. The second kappa shape index (κ2) is 9.97. The number of fused-ring (bicyclic) bond motifs is 1.